The van der Waals surface area contributed by atoms with Crippen molar-refractivity contribution in [1.29, 1.82) is 0 Å². The highest BCUT2D eigenvalue weighted by molar-refractivity contribution is 7.26. The maximum atomic E-state index is 4.78. The molecule has 148 valence electrons. The molecule has 0 unspecified atom stereocenters. The molecule has 0 aliphatic carbocycles. The topological polar surface area (TPSA) is 25.8 Å². The van der Waals surface area contributed by atoms with Crippen LogP contribution in [0.4, 0.5) is 0 Å². The van der Waals surface area contributed by atoms with Crippen LogP contribution in [0, 0.1) is 6.92 Å². The van der Waals surface area contributed by atoms with Crippen LogP contribution in [0.15, 0.2) is 47.4 Å². The van der Waals surface area contributed by atoms with Gasteiger partial charge in [0.05, 0.1) is 15.9 Å². The summed E-state index contributed by atoms with van der Waals surface area (Å²) in [4.78, 5) is 9.54. The third kappa shape index (κ3) is 2.59. The molecular weight excluding hydrogens is 424 g/mol. The number of fused-ring (bicyclic) bond motifs is 6. The van der Waals surface area contributed by atoms with Crippen LogP contribution in [-0.2, 0) is 5.41 Å². The predicted molar refractivity (Wildman–Crippen MR) is 135 cm³/mol. The van der Waals surface area contributed by atoms with E-state index in [1.165, 1.54) is 51.6 Å². The number of aromatic nitrogens is 2. The second-order valence-electron chi connectivity index (χ2n) is 8.85. The van der Waals surface area contributed by atoms with Gasteiger partial charge in [0.2, 0.25) is 0 Å². The number of aryl methyl sites for hydroxylation is 1. The average molecular weight is 445 g/mol. The van der Waals surface area contributed by atoms with Crippen molar-refractivity contribution in [3.05, 3.63) is 58.5 Å². The SMILES string of the molecule is Cc1csc2ccc3sc4c(-c5cc(C(C)(C)C)c6sccc6c5)ncnc4c3c12. The first-order valence-corrected chi connectivity index (χ1v) is 12.6. The molecule has 0 atom stereocenters. The molecule has 0 fully saturated rings. The molecule has 0 amide bonds. The van der Waals surface area contributed by atoms with Crippen molar-refractivity contribution in [3.63, 3.8) is 0 Å². The largest absolute Gasteiger partial charge is 0.235 e. The summed E-state index contributed by atoms with van der Waals surface area (Å²) < 4.78 is 5.17. The molecule has 6 aromatic rings. The van der Waals surface area contributed by atoms with Crippen LogP contribution in [0.1, 0.15) is 31.9 Å². The summed E-state index contributed by atoms with van der Waals surface area (Å²) >= 11 is 5.45. The molecule has 0 N–H and O–H groups in total. The van der Waals surface area contributed by atoms with Gasteiger partial charge in [0.25, 0.3) is 0 Å². The van der Waals surface area contributed by atoms with Gasteiger partial charge in [-0.25, -0.2) is 9.97 Å². The fourth-order valence-electron chi connectivity index (χ4n) is 4.32. The van der Waals surface area contributed by atoms with Crippen LogP contribution in [0.2, 0.25) is 0 Å². The van der Waals surface area contributed by atoms with E-state index in [1.54, 1.807) is 6.33 Å². The molecule has 2 nitrogen and oxygen atoms in total. The Morgan fingerprint density at radius 1 is 0.867 bits per heavy atom. The summed E-state index contributed by atoms with van der Waals surface area (Å²) in [5.41, 5.74) is 6.09. The first-order chi connectivity index (χ1) is 14.4. The Morgan fingerprint density at radius 3 is 2.53 bits per heavy atom. The first kappa shape index (κ1) is 18.4. The van der Waals surface area contributed by atoms with Crippen LogP contribution in [0.5, 0.6) is 0 Å². The lowest BCUT2D eigenvalue weighted by Crippen LogP contribution is -2.11. The highest BCUT2D eigenvalue weighted by Gasteiger charge is 2.21. The molecule has 0 spiro atoms. The fraction of sp³-hybridized carbons (Fsp3) is 0.200. The normalized spacial score (nSPS) is 12.7. The average Bonchev–Trinajstić information content (AvgIpc) is 3.42. The van der Waals surface area contributed by atoms with E-state index < -0.39 is 0 Å². The van der Waals surface area contributed by atoms with Crippen molar-refractivity contribution in [2.75, 3.05) is 0 Å². The van der Waals surface area contributed by atoms with Crippen molar-refractivity contribution in [1.82, 2.24) is 9.97 Å². The Labute approximate surface area is 186 Å². The lowest BCUT2D eigenvalue weighted by Gasteiger charge is -2.21. The summed E-state index contributed by atoms with van der Waals surface area (Å²) in [7, 11) is 0. The molecule has 6 rings (SSSR count). The lowest BCUT2D eigenvalue weighted by molar-refractivity contribution is 0.597. The monoisotopic (exact) mass is 444 g/mol. The number of rotatable bonds is 1. The van der Waals surface area contributed by atoms with Gasteiger partial charge < -0.3 is 0 Å². The van der Waals surface area contributed by atoms with E-state index >= 15 is 0 Å². The van der Waals surface area contributed by atoms with E-state index in [4.69, 9.17) is 9.97 Å². The molecule has 4 aromatic heterocycles. The Balaban J connectivity index is 1.72. The van der Waals surface area contributed by atoms with Crippen LogP contribution in [-0.4, -0.2) is 9.97 Å². The zero-order valence-electron chi connectivity index (χ0n) is 17.2. The number of nitrogens with zero attached hydrogens (tertiary/aromatic N) is 2. The molecule has 5 heteroatoms. The van der Waals surface area contributed by atoms with Gasteiger partial charge in [-0.1, -0.05) is 20.8 Å². The Kier molecular flexibility index (Phi) is 3.89. The molecule has 4 heterocycles. The van der Waals surface area contributed by atoms with Crippen LogP contribution in [0.25, 0.3) is 51.7 Å². The molecule has 0 saturated heterocycles. The minimum Gasteiger partial charge on any atom is -0.235 e. The van der Waals surface area contributed by atoms with Crippen LogP contribution < -0.4 is 0 Å². The smallest absolute Gasteiger partial charge is 0.116 e. The molecule has 2 aromatic carbocycles. The third-order valence-corrected chi connectivity index (χ3v) is 8.95. The van der Waals surface area contributed by atoms with Gasteiger partial charge in [0, 0.05) is 30.4 Å². The highest BCUT2D eigenvalue weighted by Crippen LogP contribution is 2.44. The van der Waals surface area contributed by atoms with Crippen LogP contribution >= 0.6 is 34.0 Å². The maximum absolute atomic E-state index is 4.78. The number of hydrogen-bond donors (Lipinski definition) is 0. The number of benzene rings is 2. The van der Waals surface area contributed by atoms with E-state index in [9.17, 15) is 0 Å². The molecule has 0 radical (unpaired) electrons. The standard InChI is InChI=1S/C25H20N2S3/c1-13-11-29-17-5-6-18-20(19(13)17)22-24(30-18)21(26-12-27-22)15-9-14-7-8-28-23(14)16(10-15)25(2,3)4/h5-12H,1-4H3. The van der Waals surface area contributed by atoms with Gasteiger partial charge in [-0.2, -0.15) is 0 Å². The molecule has 0 saturated carbocycles. The number of hydrogen-bond acceptors (Lipinski definition) is 5. The molecular formula is C25H20N2S3. The molecule has 0 bridgehead atoms. The Morgan fingerprint density at radius 2 is 1.70 bits per heavy atom. The van der Waals surface area contributed by atoms with Crippen molar-refractivity contribution in [2.24, 2.45) is 0 Å². The first-order valence-electron chi connectivity index (χ1n) is 9.98. The summed E-state index contributed by atoms with van der Waals surface area (Å²) in [6.07, 6.45) is 1.74. The van der Waals surface area contributed by atoms with E-state index in [0.717, 1.165) is 11.2 Å². The van der Waals surface area contributed by atoms with Gasteiger partial charge >= 0.3 is 0 Å². The van der Waals surface area contributed by atoms with Gasteiger partial charge in [-0.3, -0.25) is 0 Å². The van der Waals surface area contributed by atoms with Crippen molar-refractivity contribution in [2.45, 2.75) is 33.1 Å². The third-order valence-electron chi connectivity index (χ3n) is 5.77. The van der Waals surface area contributed by atoms with Crippen molar-refractivity contribution >= 4 is 74.5 Å². The zero-order chi connectivity index (χ0) is 20.6. The minimum atomic E-state index is 0.0748. The van der Waals surface area contributed by atoms with Gasteiger partial charge in [0.1, 0.15) is 6.33 Å². The molecule has 0 aliphatic rings. The Bertz CT molecular complexity index is 1590. The summed E-state index contributed by atoms with van der Waals surface area (Å²) in [5, 5.41) is 8.36. The highest BCUT2D eigenvalue weighted by atomic mass is 32.1. The quantitative estimate of drug-likeness (QED) is 0.254. The van der Waals surface area contributed by atoms with Crippen molar-refractivity contribution < 1.29 is 0 Å². The zero-order valence-corrected chi connectivity index (χ0v) is 19.7. The summed E-state index contributed by atoms with van der Waals surface area (Å²) in [6.45, 7) is 9.06. The van der Waals surface area contributed by atoms with Gasteiger partial charge in [-0.15, -0.1) is 34.0 Å². The van der Waals surface area contributed by atoms with E-state index in [0.29, 0.717) is 0 Å². The van der Waals surface area contributed by atoms with E-state index in [1.807, 2.05) is 34.0 Å². The fourth-order valence-corrected chi connectivity index (χ4v) is 7.56. The van der Waals surface area contributed by atoms with Gasteiger partial charge in [-0.05, 0) is 69.9 Å². The second kappa shape index (κ2) is 6.33. The van der Waals surface area contributed by atoms with E-state index in [-0.39, 0.29) is 5.41 Å². The maximum Gasteiger partial charge on any atom is 0.116 e. The van der Waals surface area contributed by atoms with Gasteiger partial charge in [0.15, 0.2) is 0 Å². The second-order valence-corrected chi connectivity index (χ2v) is 11.7. The van der Waals surface area contributed by atoms with E-state index in [2.05, 4.69) is 68.8 Å². The lowest BCUT2D eigenvalue weighted by atomic mass is 9.85. The Hall–Kier alpha value is -2.34. The number of thiophene rings is 3. The summed E-state index contributed by atoms with van der Waals surface area (Å²) in [6, 6.07) is 11.3. The predicted octanol–water partition coefficient (Wildman–Crippen LogP) is 8.55. The van der Waals surface area contributed by atoms with Crippen LogP contribution in [0.3, 0.4) is 0 Å². The summed E-state index contributed by atoms with van der Waals surface area (Å²) in [5.74, 6) is 0. The minimum absolute atomic E-state index is 0.0748. The molecule has 0 aliphatic heterocycles. The molecule has 30 heavy (non-hydrogen) atoms. The van der Waals surface area contributed by atoms with Crippen molar-refractivity contribution in [3.8, 4) is 11.3 Å².